The number of benzodiazepines with no additional fused rings is 1. The summed E-state index contributed by atoms with van der Waals surface area (Å²) in [5.41, 5.74) is 5.36. The Morgan fingerprint density at radius 2 is 1.59 bits per heavy atom. The highest BCUT2D eigenvalue weighted by molar-refractivity contribution is 6.20. The first-order chi connectivity index (χ1) is 20.2. The van der Waals surface area contributed by atoms with Crippen LogP contribution >= 0.6 is 0 Å². The van der Waals surface area contributed by atoms with E-state index in [1.54, 1.807) is 0 Å². The largest absolute Gasteiger partial charge is 0.495 e. The number of nitrogens with two attached hydrogens (primary N) is 2. The van der Waals surface area contributed by atoms with Crippen LogP contribution in [-0.2, 0) is 20.6 Å². The minimum atomic E-state index is -5.07. The number of benzene rings is 1. The standard InChI is InChI=1S/C26H24F9N5O4/c1-44-16-4-2-3-13-17(15-6-5-12(11-38-15)26(33,34)35)39-19(21(42)40-18(13)16)23(22(37)43,9-10-25(30,31)32)14(20(36)41)7-8-24(27,28)29/h2-6,11,14,19H,7-10H2,1H3,(H2,36,41)(H2,37,43)(H,40,42)/t14?,19-,23?/m1/s1. The topological polar surface area (TPSA) is 150 Å². The molecule has 0 saturated carbocycles. The number of pyridine rings is 1. The summed E-state index contributed by atoms with van der Waals surface area (Å²) in [6.07, 6.45) is -21.0. The van der Waals surface area contributed by atoms with Gasteiger partial charge in [0.15, 0.2) is 0 Å². The molecular formula is C26H24F9N5O4. The summed E-state index contributed by atoms with van der Waals surface area (Å²) in [5, 5.41) is 2.30. The van der Waals surface area contributed by atoms with Gasteiger partial charge in [0, 0.05) is 24.6 Å². The maximum atomic E-state index is 13.7. The van der Waals surface area contributed by atoms with Crippen LogP contribution in [0.4, 0.5) is 45.2 Å². The molecule has 44 heavy (non-hydrogen) atoms. The molecule has 2 heterocycles. The van der Waals surface area contributed by atoms with Crippen LogP contribution in [-0.4, -0.2) is 53.9 Å². The number of carbonyl (C=O) groups excluding carboxylic acids is 3. The number of alkyl halides is 9. The quantitative estimate of drug-likeness (QED) is 0.326. The molecule has 2 aromatic rings. The predicted molar refractivity (Wildman–Crippen MR) is 135 cm³/mol. The Bertz CT molecular complexity index is 1440. The van der Waals surface area contributed by atoms with Crippen LogP contribution in [0.1, 0.15) is 42.5 Å². The van der Waals surface area contributed by atoms with Crippen molar-refractivity contribution in [3.05, 3.63) is 53.3 Å². The molecule has 0 spiro atoms. The van der Waals surface area contributed by atoms with Crippen molar-refractivity contribution in [1.82, 2.24) is 4.98 Å². The molecular weight excluding hydrogens is 617 g/mol. The summed E-state index contributed by atoms with van der Waals surface area (Å²) in [6.45, 7) is 0. The van der Waals surface area contributed by atoms with E-state index in [1.807, 2.05) is 0 Å². The molecule has 1 aliphatic rings. The Morgan fingerprint density at radius 1 is 0.955 bits per heavy atom. The van der Waals surface area contributed by atoms with Crippen LogP contribution in [0.2, 0.25) is 0 Å². The molecule has 3 atom stereocenters. The van der Waals surface area contributed by atoms with Crippen LogP contribution < -0.4 is 21.5 Å². The zero-order chi connectivity index (χ0) is 33.3. The van der Waals surface area contributed by atoms with Gasteiger partial charge in [0.25, 0.3) is 0 Å². The number of carbonyl (C=O) groups is 3. The molecule has 0 aliphatic carbocycles. The van der Waals surface area contributed by atoms with Crippen LogP contribution in [0.5, 0.6) is 5.75 Å². The molecule has 18 heteroatoms. The lowest BCUT2D eigenvalue weighted by Gasteiger charge is -2.40. The zero-order valence-corrected chi connectivity index (χ0v) is 22.5. The highest BCUT2D eigenvalue weighted by Crippen LogP contribution is 2.46. The summed E-state index contributed by atoms with van der Waals surface area (Å²) in [6, 6.07) is 2.89. The maximum absolute atomic E-state index is 13.7. The molecule has 1 aromatic heterocycles. The fraction of sp³-hybridized carbons (Fsp3) is 0.423. The van der Waals surface area contributed by atoms with Gasteiger partial charge in [-0.3, -0.25) is 24.4 Å². The molecule has 240 valence electrons. The average Bonchev–Trinajstić information content (AvgIpc) is 3.04. The second-order valence-electron chi connectivity index (χ2n) is 9.81. The van der Waals surface area contributed by atoms with Gasteiger partial charge in [-0.15, -0.1) is 0 Å². The van der Waals surface area contributed by atoms with E-state index < -0.39 is 96.3 Å². The molecule has 3 amide bonds. The number of aliphatic imine (C=N–C) groups is 1. The van der Waals surface area contributed by atoms with Gasteiger partial charge in [-0.25, -0.2) is 0 Å². The van der Waals surface area contributed by atoms with E-state index in [4.69, 9.17) is 16.2 Å². The number of methoxy groups -OCH3 is 1. The van der Waals surface area contributed by atoms with Crippen LogP contribution in [0, 0.1) is 11.3 Å². The second-order valence-corrected chi connectivity index (χ2v) is 9.81. The first kappa shape index (κ1) is 34.1. The predicted octanol–water partition coefficient (Wildman–Crippen LogP) is 4.53. The van der Waals surface area contributed by atoms with Gasteiger partial charge in [0.05, 0.1) is 41.1 Å². The Labute approximate surface area is 242 Å². The van der Waals surface area contributed by atoms with Crippen molar-refractivity contribution in [2.24, 2.45) is 27.8 Å². The summed E-state index contributed by atoms with van der Waals surface area (Å²) in [5.74, 6) is -7.36. The Balaban J connectivity index is 2.39. The number of ether oxygens (including phenoxy) is 1. The summed E-state index contributed by atoms with van der Waals surface area (Å²) >= 11 is 0. The van der Waals surface area contributed by atoms with Gasteiger partial charge >= 0.3 is 18.5 Å². The van der Waals surface area contributed by atoms with Gasteiger partial charge in [-0.05, 0) is 31.0 Å². The maximum Gasteiger partial charge on any atom is 0.417 e. The van der Waals surface area contributed by atoms with Gasteiger partial charge in [-0.2, -0.15) is 39.5 Å². The lowest BCUT2D eigenvalue weighted by atomic mass is 9.64. The average molecular weight is 641 g/mol. The lowest BCUT2D eigenvalue weighted by molar-refractivity contribution is -0.163. The number of nitrogens with zero attached hydrogens (tertiary/aromatic N) is 2. The van der Waals surface area contributed by atoms with E-state index in [-0.39, 0.29) is 17.0 Å². The summed E-state index contributed by atoms with van der Waals surface area (Å²) in [4.78, 5) is 47.2. The van der Waals surface area contributed by atoms with Crippen molar-refractivity contribution in [1.29, 1.82) is 0 Å². The van der Waals surface area contributed by atoms with Crippen molar-refractivity contribution in [2.75, 3.05) is 12.4 Å². The number of nitrogens with one attached hydrogen (secondary N) is 1. The zero-order valence-electron chi connectivity index (χ0n) is 22.5. The Kier molecular flexibility index (Phi) is 9.55. The van der Waals surface area contributed by atoms with Gasteiger partial charge in [0.1, 0.15) is 11.8 Å². The highest BCUT2D eigenvalue weighted by Gasteiger charge is 2.58. The smallest absolute Gasteiger partial charge is 0.417 e. The van der Waals surface area contributed by atoms with E-state index in [1.165, 1.54) is 18.2 Å². The van der Waals surface area contributed by atoms with Crippen molar-refractivity contribution in [2.45, 2.75) is 50.3 Å². The van der Waals surface area contributed by atoms with Crippen molar-refractivity contribution < 1.29 is 58.6 Å². The number of aromatic nitrogens is 1. The van der Waals surface area contributed by atoms with Crippen molar-refractivity contribution >= 4 is 29.1 Å². The number of hydrogen-bond donors (Lipinski definition) is 3. The monoisotopic (exact) mass is 641 g/mol. The minimum Gasteiger partial charge on any atom is -0.495 e. The van der Waals surface area contributed by atoms with Gasteiger partial charge in [0.2, 0.25) is 17.7 Å². The minimum absolute atomic E-state index is 0.0837. The molecule has 5 N–H and O–H groups in total. The normalized spacial score (nSPS) is 17.8. The number of primary amides is 2. The summed E-state index contributed by atoms with van der Waals surface area (Å²) in [7, 11) is 1.16. The third kappa shape index (κ3) is 7.39. The first-order valence-electron chi connectivity index (χ1n) is 12.5. The van der Waals surface area contributed by atoms with Crippen LogP contribution in [0.25, 0.3) is 0 Å². The third-order valence-corrected chi connectivity index (χ3v) is 7.04. The number of halogens is 9. The summed E-state index contributed by atoms with van der Waals surface area (Å²) < 4.78 is 125. The molecule has 9 nitrogen and oxygen atoms in total. The number of para-hydroxylation sites is 1. The molecule has 0 saturated heterocycles. The highest BCUT2D eigenvalue weighted by atomic mass is 19.4. The number of hydrogen-bond acceptors (Lipinski definition) is 6. The molecule has 0 fully saturated rings. The number of fused-ring (bicyclic) bond motifs is 1. The molecule has 2 unspecified atom stereocenters. The Morgan fingerprint density at radius 3 is 2.07 bits per heavy atom. The van der Waals surface area contributed by atoms with E-state index in [2.05, 4.69) is 15.3 Å². The molecule has 1 aromatic carbocycles. The van der Waals surface area contributed by atoms with E-state index in [0.29, 0.717) is 12.3 Å². The molecule has 0 bridgehead atoms. The molecule has 1 aliphatic heterocycles. The molecule has 0 radical (unpaired) electrons. The molecule has 3 rings (SSSR count). The first-order valence-corrected chi connectivity index (χ1v) is 12.5. The van der Waals surface area contributed by atoms with Crippen molar-refractivity contribution in [3.8, 4) is 5.75 Å². The van der Waals surface area contributed by atoms with E-state index in [0.717, 1.165) is 13.2 Å². The fourth-order valence-corrected chi connectivity index (χ4v) is 4.97. The van der Waals surface area contributed by atoms with E-state index in [9.17, 15) is 53.9 Å². The van der Waals surface area contributed by atoms with Gasteiger partial charge in [-0.1, -0.05) is 12.1 Å². The van der Waals surface area contributed by atoms with Crippen LogP contribution in [0.3, 0.4) is 0 Å². The van der Waals surface area contributed by atoms with Crippen molar-refractivity contribution in [3.63, 3.8) is 0 Å². The van der Waals surface area contributed by atoms with Crippen LogP contribution in [0.15, 0.2) is 41.5 Å². The lowest BCUT2D eigenvalue weighted by Crippen LogP contribution is -2.58. The van der Waals surface area contributed by atoms with E-state index >= 15 is 0 Å². The Hall–Kier alpha value is -4.38. The third-order valence-electron chi connectivity index (χ3n) is 7.04. The fourth-order valence-electron chi connectivity index (χ4n) is 4.97. The number of amides is 3. The second kappa shape index (κ2) is 12.3. The number of anilines is 1. The SMILES string of the molecule is COc1cccc2c1NC(=O)[C@H](C(CCC(F)(F)F)(C(N)=O)C(CCC(F)(F)F)C(N)=O)N=C2c1ccc(C(F)(F)F)cn1. The number of rotatable bonds is 10. The van der Waals surface area contributed by atoms with Gasteiger partial charge < -0.3 is 21.5 Å².